The van der Waals surface area contributed by atoms with Gasteiger partial charge < -0.3 is 20.3 Å². The summed E-state index contributed by atoms with van der Waals surface area (Å²) in [6.45, 7) is 9.42. The number of benzene rings is 1. The zero-order valence-corrected chi connectivity index (χ0v) is 17.6. The van der Waals surface area contributed by atoms with Gasteiger partial charge in [0.15, 0.2) is 5.96 Å². The van der Waals surface area contributed by atoms with Gasteiger partial charge in [0, 0.05) is 31.2 Å². The van der Waals surface area contributed by atoms with E-state index < -0.39 is 11.4 Å². The topological polar surface area (TPSA) is 89.8 Å². The Hall–Kier alpha value is -2.82. The highest BCUT2D eigenvalue weighted by Gasteiger charge is 2.28. The predicted octanol–water partition coefficient (Wildman–Crippen LogP) is 3.15. The quantitative estimate of drug-likeness (QED) is 0.595. The van der Waals surface area contributed by atoms with Crippen LogP contribution in [0.1, 0.15) is 51.7 Å². The van der Waals surface area contributed by atoms with E-state index in [4.69, 9.17) is 10.00 Å². The first-order valence-electron chi connectivity index (χ1n) is 9.93. The van der Waals surface area contributed by atoms with Crippen molar-refractivity contribution in [2.45, 2.75) is 58.7 Å². The number of nitrogens with one attached hydrogen (secondary N) is 2. The van der Waals surface area contributed by atoms with Crippen LogP contribution in [0.15, 0.2) is 23.2 Å². The Bertz CT molecular complexity index is 782. The number of likely N-dealkylation sites (tertiary alicyclic amines) is 1. The molecule has 2 rings (SSSR count). The van der Waals surface area contributed by atoms with Gasteiger partial charge in [0.25, 0.3) is 0 Å². The number of carbonyl (C=O) groups is 1. The van der Waals surface area contributed by atoms with Gasteiger partial charge in [0.2, 0.25) is 0 Å². The average Bonchev–Trinajstić information content (AvgIpc) is 2.66. The normalized spacial score (nSPS) is 17.4. The Balaban J connectivity index is 2.03. The van der Waals surface area contributed by atoms with Gasteiger partial charge in [0.05, 0.1) is 18.2 Å². The Kier molecular flexibility index (Phi) is 7.82. The zero-order chi connectivity index (χ0) is 21.4. The van der Waals surface area contributed by atoms with Crippen LogP contribution in [0.25, 0.3) is 0 Å². The number of halogens is 1. The maximum Gasteiger partial charge on any atom is 0.410 e. The highest BCUT2D eigenvalue weighted by molar-refractivity contribution is 5.80. The number of rotatable bonds is 4. The molecule has 0 bridgehead atoms. The lowest BCUT2D eigenvalue weighted by Crippen LogP contribution is -2.53. The standard InChI is InChI=1S/C21H30FN5O2/c1-5-24-19(25-13-16-11-15(12-23)8-9-18(16)22)26-17-7-6-10-27(14-17)20(28)29-21(2,3)4/h8-9,11,17H,5-7,10,13-14H2,1-4H3,(H2,24,25,26). The van der Waals surface area contributed by atoms with E-state index in [1.165, 1.54) is 18.2 Å². The molecule has 1 aromatic carbocycles. The van der Waals surface area contributed by atoms with Crippen molar-refractivity contribution in [1.82, 2.24) is 15.5 Å². The maximum atomic E-state index is 14.0. The van der Waals surface area contributed by atoms with E-state index in [1.54, 1.807) is 4.90 Å². The van der Waals surface area contributed by atoms with Gasteiger partial charge in [0.1, 0.15) is 11.4 Å². The van der Waals surface area contributed by atoms with E-state index in [0.29, 0.717) is 36.7 Å². The third-order valence-corrected chi connectivity index (χ3v) is 4.34. The molecular weight excluding hydrogens is 373 g/mol. The average molecular weight is 404 g/mol. The first-order valence-corrected chi connectivity index (χ1v) is 9.93. The first kappa shape index (κ1) is 22.5. The summed E-state index contributed by atoms with van der Waals surface area (Å²) in [5, 5.41) is 15.5. The van der Waals surface area contributed by atoms with Crippen LogP contribution < -0.4 is 10.6 Å². The van der Waals surface area contributed by atoms with Crippen molar-refractivity contribution in [3.8, 4) is 6.07 Å². The lowest BCUT2D eigenvalue weighted by Gasteiger charge is -2.35. The lowest BCUT2D eigenvalue weighted by molar-refractivity contribution is 0.0193. The molecule has 29 heavy (non-hydrogen) atoms. The van der Waals surface area contributed by atoms with Crippen LogP contribution in [-0.2, 0) is 11.3 Å². The molecule has 0 aliphatic carbocycles. The van der Waals surface area contributed by atoms with Crippen LogP contribution in [-0.4, -0.2) is 48.2 Å². The molecule has 1 unspecified atom stereocenters. The second-order valence-electron chi connectivity index (χ2n) is 8.02. The number of hydrogen-bond acceptors (Lipinski definition) is 4. The molecule has 1 fully saturated rings. The Morgan fingerprint density at radius 3 is 2.86 bits per heavy atom. The van der Waals surface area contributed by atoms with Crippen molar-refractivity contribution < 1.29 is 13.9 Å². The van der Waals surface area contributed by atoms with E-state index >= 15 is 0 Å². The zero-order valence-electron chi connectivity index (χ0n) is 17.6. The molecule has 0 saturated carbocycles. The van der Waals surface area contributed by atoms with Gasteiger partial charge in [-0.05, 0) is 58.7 Å². The van der Waals surface area contributed by atoms with Crippen LogP contribution in [0.2, 0.25) is 0 Å². The van der Waals surface area contributed by atoms with Gasteiger partial charge in [-0.2, -0.15) is 5.26 Å². The summed E-state index contributed by atoms with van der Waals surface area (Å²) in [5.74, 6) is 0.155. The Morgan fingerprint density at radius 1 is 1.45 bits per heavy atom. The number of piperidine rings is 1. The number of nitrogens with zero attached hydrogens (tertiary/aromatic N) is 3. The molecule has 1 heterocycles. The Labute approximate surface area is 171 Å². The fourth-order valence-electron chi connectivity index (χ4n) is 3.03. The minimum atomic E-state index is -0.532. The van der Waals surface area contributed by atoms with E-state index in [-0.39, 0.29) is 18.7 Å². The molecule has 1 saturated heterocycles. The number of ether oxygens (including phenoxy) is 1. The van der Waals surface area contributed by atoms with Crippen molar-refractivity contribution in [2.75, 3.05) is 19.6 Å². The van der Waals surface area contributed by atoms with Gasteiger partial charge in [-0.3, -0.25) is 0 Å². The number of aliphatic imine (C=N–C) groups is 1. The van der Waals surface area contributed by atoms with Crippen LogP contribution in [0, 0.1) is 17.1 Å². The molecule has 1 aliphatic heterocycles. The number of hydrogen-bond donors (Lipinski definition) is 2. The highest BCUT2D eigenvalue weighted by atomic mass is 19.1. The van der Waals surface area contributed by atoms with Crippen LogP contribution in [0.5, 0.6) is 0 Å². The molecule has 2 N–H and O–H groups in total. The van der Waals surface area contributed by atoms with Crippen LogP contribution >= 0.6 is 0 Å². The summed E-state index contributed by atoms with van der Waals surface area (Å²) >= 11 is 0. The molecule has 0 radical (unpaired) electrons. The smallest absolute Gasteiger partial charge is 0.410 e. The van der Waals surface area contributed by atoms with E-state index in [1.807, 2.05) is 33.8 Å². The lowest BCUT2D eigenvalue weighted by atomic mass is 10.1. The summed E-state index contributed by atoms with van der Waals surface area (Å²) in [7, 11) is 0. The summed E-state index contributed by atoms with van der Waals surface area (Å²) in [4.78, 5) is 18.5. The number of carbonyl (C=O) groups excluding carboxylic acids is 1. The highest BCUT2D eigenvalue weighted by Crippen LogP contribution is 2.16. The number of amides is 1. The summed E-state index contributed by atoms with van der Waals surface area (Å²) in [6, 6.07) is 6.26. The summed E-state index contributed by atoms with van der Waals surface area (Å²) in [5.41, 5.74) is 0.228. The monoisotopic (exact) mass is 403 g/mol. The Morgan fingerprint density at radius 2 is 2.21 bits per heavy atom. The summed E-state index contributed by atoms with van der Waals surface area (Å²) < 4.78 is 19.5. The third kappa shape index (κ3) is 7.26. The molecule has 8 heteroatoms. The van der Waals surface area contributed by atoms with Crippen molar-refractivity contribution in [3.05, 3.63) is 35.1 Å². The third-order valence-electron chi connectivity index (χ3n) is 4.34. The van der Waals surface area contributed by atoms with Crippen molar-refractivity contribution in [2.24, 2.45) is 4.99 Å². The largest absolute Gasteiger partial charge is 0.444 e. The van der Waals surface area contributed by atoms with Crippen LogP contribution in [0.4, 0.5) is 9.18 Å². The van der Waals surface area contributed by atoms with Gasteiger partial charge in [-0.1, -0.05) is 0 Å². The minimum Gasteiger partial charge on any atom is -0.444 e. The molecule has 158 valence electrons. The van der Waals surface area contributed by atoms with Gasteiger partial charge >= 0.3 is 6.09 Å². The van der Waals surface area contributed by atoms with E-state index in [2.05, 4.69) is 15.6 Å². The summed E-state index contributed by atoms with van der Waals surface area (Å²) in [6.07, 6.45) is 1.43. The van der Waals surface area contributed by atoms with E-state index in [0.717, 1.165) is 12.8 Å². The second-order valence-corrected chi connectivity index (χ2v) is 8.02. The maximum absolute atomic E-state index is 14.0. The molecule has 7 nitrogen and oxygen atoms in total. The fourth-order valence-corrected chi connectivity index (χ4v) is 3.03. The molecular formula is C21H30FN5O2. The van der Waals surface area contributed by atoms with E-state index in [9.17, 15) is 9.18 Å². The second kappa shape index (κ2) is 10.1. The predicted molar refractivity (Wildman–Crippen MR) is 110 cm³/mol. The van der Waals surface area contributed by atoms with Crippen molar-refractivity contribution >= 4 is 12.1 Å². The molecule has 0 aromatic heterocycles. The van der Waals surface area contributed by atoms with Crippen molar-refractivity contribution in [1.29, 1.82) is 5.26 Å². The van der Waals surface area contributed by atoms with Crippen molar-refractivity contribution in [3.63, 3.8) is 0 Å². The molecule has 0 spiro atoms. The molecule has 1 amide bonds. The SMILES string of the molecule is CCNC(=NCc1cc(C#N)ccc1F)NC1CCCN(C(=O)OC(C)(C)C)C1. The molecule has 1 aliphatic rings. The minimum absolute atomic E-state index is 0.0179. The van der Waals surface area contributed by atoms with Gasteiger partial charge in [-0.25, -0.2) is 14.2 Å². The molecule has 1 aromatic rings. The first-order chi connectivity index (χ1) is 13.7. The fraction of sp³-hybridized carbons (Fsp3) is 0.571. The molecule has 1 atom stereocenters. The van der Waals surface area contributed by atoms with Gasteiger partial charge in [-0.15, -0.1) is 0 Å². The van der Waals surface area contributed by atoms with Crippen LogP contribution in [0.3, 0.4) is 0 Å². The number of guanidine groups is 1. The number of nitriles is 1.